The quantitative estimate of drug-likeness (QED) is 0.451. The third-order valence-corrected chi connectivity index (χ3v) is 6.90. The number of carbonyl (C=O) groups is 2. The summed E-state index contributed by atoms with van der Waals surface area (Å²) in [6, 6.07) is 14.1. The second-order valence-corrected chi connectivity index (χ2v) is 10.3. The molecule has 0 aliphatic heterocycles. The maximum atomic E-state index is 13.4. The van der Waals surface area contributed by atoms with Gasteiger partial charge in [-0.05, 0) is 44.4 Å². The average molecular weight is 504 g/mol. The van der Waals surface area contributed by atoms with E-state index in [1.54, 1.807) is 29.2 Å². The second kappa shape index (κ2) is 13.1. The molecular formula is C26H37N3O5S. The number of anilines is 1. The van der Waals surface area contributed by atoms with Crippen LogP contribution in [0.2, 0.25) is 0 Å². The zero-order chi connectivity index (χ0) is 26.0. The van der Waals surface area contributed by atoms with E-state index in [0.29, 0.717) is 37.4 Å². The van der Waals surface area contributed by atoms with E-state index < -0.39 is 16.1 Å². The molecule has 0 radical (unpaired) electrons. The summed E-state index contributed by atoms with van der Waals surface area (Å²) in [6.07, 6.45) is 2.00. The fourth-order valence-corrected chi connectivity index (χ4v) is 4.89. The summed E-state index contributed by atoms with van der Waals surface area (Å²) in [5.41, 5.74) is 2.47. The molecule has 0 heterocycles. The van der Waals surface area contributed by atoms with Gasteiger partial charge in [-0.3, -0.25) is 13.9 Å². The first-order valence-electron chi connectivity index (χ1n) is 11.9. The molecule has 9 heteroatoms. The third kappa shape index (κ3) is 7.99. The van der Waals surface area contributed by atoms with Gasteiger partial charge in [0, 0.05) is 26.1 Å². The van der Waals surface area contributed by atoms with Crippen molar-refractivity contribution in [2.45, 2.75) is 52.6 Å². The molecule has 0 saturated heterocycles. The van der Waals surface area contributed by atoms with Crippen molar-refractivity contribution in [1.82, 2.24) is 10.2 Å². The van der Waals surface area contributed by atoms with Crippen LogP contribution in [0.25, 0.3) is 0 Å². The van der Waals surface area contributed by atoms with Crippen LogP contribution in [0.3, 0.4) is 0 Å². The summed E-state index contributed by atoms with van der Waals surface area (Å²) < 4.78 is 31.6. The Morgan fingerprint density at radius 3 is 2.29 bits per heavy atom. The van der Waals surface area contributed by atoms with Crippen LogP contribution in [0, 0.1) is 6.92 Å². The molecule has 2 rings (SSSR count). The van der Waals surface area contributed by atoms with Crippen LogP contribution in [-0.4, -0.2) is 57.6 Å². The lowest BCUT2D eigenvalue weighted by molar-refractivity contribution is -0.141. The maximum Gasteiger partial charge on any atom is 0.242 e. The molecule has 8 nitrogen and oxygen atoms in total. The number of carbonyl (C=O) groups excluding carboxylic acids is 2. The van der Waals surface area contributed by atoms with Crippen LogP contribution >= 0.6 is 0 Å². The average Bonchev–Trinajstić information content (AvgIpc) is 2.82. The van der Waals surface area contributed by atoms with Gasteiger partial charge in [0.2, 0.25) is 21.8 Å². The molecule has 0 aromatic heterocycles. The monoisotopic (exact) mass is 503 g/mol. The van der Waals surface area contributed by atoms with Crippen LogP contribution in [0.15, 0.2) is 48.5 Å². The van der Waals surface area contributed by atoms with Gasteiger partial charge in [0.1, 0.15) is 11.8 Å². The van der Waals surface area contributed by atoms with E-state index >= 15 is 0 Å². The Morgan fingerprint density at radius 2 is 1.71 bits per heavy atom. The van der Waals surface area contributed by atoms with Gasteiger partial charge in [-0.2, -0.15) is 0 Å². The number of nitrogens with one attached hydrogen (secondary N) is 1. The number of likely N-dealkylation sites (N-methyl/N-ethyl adjacent to an activating group) is 1. The van der Waals surface area contributed by atoms with Crippen molar-refractivity contribution >= 4 is 27.5 Å². The molecule has 1 atom stereocenters. The summed E-state index contributed by atoms with van der Waals surface area (Å²) in [6.45, 7) is 6.60. The van der Waals surface area contributed by atoms with Crippen molar-refractivity contribution in [3.8, 4) is 5.75 Å². The Labute approximate surface area is 209 Å². The Hall–Kier alpha value is -3.07. The number of hydrogen-bond donors (Lipinski definition) is 1. The van der Waals surface area contributed by atoms with Gasteiger partial charge < -0.3 is 15.0 Å². The fourth-order valence-electron chi connectivity index (χ4n) is 3.92. The molecule has 0 saturated carbocycles. The normalized spacial score (nSPS) is 12.0. The number of aryl methyl sites for hydroxylation is 1. The number of sulfonamides is 1. The molecule has 2 aromatic carbocycles. The lowest BCUT2D eigenvalue weighted by atomic mass is 10.1. The minimum atomic E-state index is -3.60. The van der Waals surface area contributed by atoms with Gasteiger partial charge in [-0.15, -0.1) is 0 Å². The highest BCUT2D eigenvalue weighted by atomic mass is 32.2. The number of rotatable bonds is 13. The fraction of sp³-hybridized carbons (Fsp3) is 0.462. The zero-order valence-electron chi connectivity index (χ0n) is 21.3. The van der Waals surface area contributed by atoms with Crippen molar-refractivity contribution in [2.24, 2.45) is 0 Å². The SMILES string of the molecule is CCNC(=O)C(CC)N(Cc1ccc(C)cc1)C(=O)CCCN(c1ccccc1OC)S(C)(=O)=O. The highest BCUT2D eigenvalue weighted by molar-refractivity contribution is 7.92. The molecular weight excluding hydrogens is 466 g/mol. The Balaban J connectivity index is 2.22. The van der Waals surface area contributed by atoms with Gasteiger partial charge in [0.05, 0.1) is 19.1 Å². The van der Waals surface area contributed by atoms with Crippen molar-refractivity contribution < 1.29 is 22.7 Å². The standard InChI is InChI=1S/C26H37N3O5S/c1-6-22(26(31)27-7-2)28(19-21-16-14-20(3)15-17-21)25(30)13-10-18-29(35(5,32)33)23-11-8-9-12-24(23)34-4/h8-9,11-12,14-17,22H,6-7,10,13,18-19H2,1-5H3,(H,27,31). The number of para-hydroxylation sites is 2. The predicted octanol–water partition coefficient (Wildman–Crippen LogP) is 3.49. The molecule has 2 aromatic rings. The first-order valence-corrected chi connectivity index (χ1v) is 13.7. The largest absolute Gasteiger partial charge is 0.495 e. The number of amides is 2. The van der Waals surface area contributed by atoms with Crippen LogP contribution < -0.4 is 14.4 Å². The topological polar surface area (TPSA) is 96.0 Å². The van der Waals surface area contributed by atoms with E-state index in [-0.39, 0.29) is 24.8 Å². The van der Waals surface area contributed by atoms with E-state index in [0.717, 1.165) is 17.4 Å². The summed E-state index contributed by atoms with van der Waals surface area (Å²) in [5.74, 6) is 0.0481. The lowest BCUT2D eigenvalue weighted by Gasteiger charge is -2.31. The smallest absolute Gasteiger partial charge is 0.242 e. The number of nitrogens with zero attached hydrogens (tertiary/aromatic N) is 2. The molecule has 0 fully saturated rings. The van der Waals surface area contributed by atoms with Crippen LogP contribution in [0.4, 0.5) is 5.69 Å². The van der Waals surface area contributed by atoms with Crippen molar-refractivity contribution in [1.29, 1.82) is 0 Å². The molecule has 0 bridgehead atoms. The van der Waals surface area contributed by atoms with Gasteiger partial charge in [0.25, 0.3) is 0 Å². The number of benzene rings is 2. The van der Waals surface area contributed by atoms with Crippen molar-refractivity contribution in [2.75, 3.05) is 30.8 Å². The minimum Gasteiger partial charge on any atom is -0.495 e. The molecule has 2 amide bonds. The first kappa shape index (κ1) is 28.2. The third-order valence-electron chi connectivity index (χ3n) is 5.72. The molecule has 0 aliphatic rings. The van der Waals surface area contributed by atoms with E-state index in [2.05, 4.69) is 5.32 Å². The van der Waals surface area contributed by atoms with Crippen molar-refractivity contribution in [3.05, 3.63) is 59.7 Å². The van der Waals surface area contributed by atoms with Crippen LogP contribution in [-0.2, 0) is 26.2 Å². The Bertz CT molecular complexity index is 1090. The molecule has 192 valence electrons. The Kier molecular flexibility index (Phi) is 10.6. The first-order chi connectivity index (χ1) is 16.6. The molecule has 35 heavy (non-hydrogen) atoms. The molecule has 1 unspecified atom stereocenters. The minimum absolute atomic E-state index is 0.100. The predicted molar refractivity (Wildman–Crippen MR) is 139 cm³/mol. The zero-order valence-corrected chi connectivity index (χ0v) is 22.1. The highest BCUT2D eigenvalue weighted by Gasteiger charge is 2.28. The van der Waals surface area contributed by atoms with Gasteiger partial charge in [-0.25, -0.2) is 8.42 Å². The Morgan fingerprint density at radius 1 is 1.06 bits per heavy atom. The van der Waals surface area contributed by atoms with Gasteiger partial charge >= 0.3 is 0 Å². The highest BCUT2D eigenvalue weighted by Crippen LogP contribution is 2.29. The van der Waals surface area contributed by atoms with Crippen molar-refractivity contribution in [3.63, 3.8) is 0 Å². The van der Waals surface area contributed by atoms with Gasteiger partial charge in [0.15, 0.2) is 0 Å². The number of ether oxygens (including phenoxy) is 1. The summed E-state index contributed by atoms with van der Waals surface area (Å²) in [4.78, 5) is 27.7. The summed E-state index contributed by atoms with van der Waals surface area (Å²) in [7, 11) is -2.11. The van der Waals surface area contributed by atoms with Crippen LogP contribution in [0.5, 0.6) is 5.75 Å². The number of methoxy groups -OCH3 is 1. The van der Waals surface area contributed by atoms with E-state index in [9.17, 15) is 18.0 Å². The molecule has 0 spiro atoms. The number of hydrogen-bond acceptors (Lipinski definition) is 5. The van der Waals surface area contributed by atoms with Gasteiger partial charge in [-0.1, -0.05) is 48.9 Å². The second-order valence-electron chi connectivity index (χ2n) is 8.44. The lowest BCUT2D eigenvalue weighted by Crippen LogP contribution is -2.49. The summed E-state index contributed by atoms with van der Waals surface area (Å²) in [5, 5.41) is 2.82. The summed E-state index contributed by atoms with van der Waals surface area (Å²) >= 11 is 0. The van der Waals surface area contributed by atoms with E-state index in [4.69, 9.17) is 4.74 Å². The maximum absolute atomic E-state index is 13.4. The van der Waals surface area contributed by atoms with E-state index in [1.165, 1.54) is 11.4 Å². The molecule has 1 N–H and O–H groups in total. The molecule has 0 aliphatic carbocycles. The van der Waals surface area contributed by atoms with E-state index in [1.807, 2.05) is 45.0 Å². The van der Waals surface area contributed by atoms with Crippen LogP contribution in [0.1, 0.15) is 44.2 Å².